The van der Waals surface area contributed by atoms with Crippen molar-refractivity contribution in [3.05, 3.63) is 29.8 Å². The number of hydrogen-bond donors (Lipinski definition) is 3. The molecule has 0 aliphatic heterocycles. The Bertz CT molecular complexity index is 456. The average Bonchev–Trinajstić information content (AvgIpc) is 2.42. The van der Waals surface area contributed by atoms with E-state index >= 15 is 0 Å². The number of methoxy groups -OCH3 is 1. The van der Waals surface area contributed by atoms with Crippen LogP contribution in [0, 0.1) is 0 Å². The van der Waals surface area contributed by atoms with E-state index in [1.807, 2.05) is 0 Å². The first-order valence-corrected chi connectivity index (χ1v) is 5.91. The Morgan fingerprint density at radius 3 is 2.35 bits per heavy atom. The number of carboxylic acid groups (broad SMARTS) is 1. The first-order valence-electron chi connectivity index (χ1n) is 5.91. The molecule has 0 fully saturated rings. The number of hydrogen-bond acceptors (Lipinski definition) is 5. The maximum absolute atomic E-state index is 11.4. The summed E-state index contributed by atoms with van der Waals surface area (Å²) in [6.07, 6.45) is -2.13. The summed E-state index contributed by atoms with van der Waals surface area (Å²) in [7, 11) is 1.54. The maximum Gasteiger partial charge on any atom is 0.408 e. The first kappa shape index (κ1) is 15.8. The van der Waals surface area contributed by atoms with Crippen LogP contribution in [0.2, 0.25) is 0 Å². The third-order valence-corrected chi connectivity index (χ3v) is 2.55. The minimum Gasteiger partial charge on any atom is -0.497 e. The lowest BCUT2D eigenvalue weighted by Crippen LogP contribution is -2.47. The van der Waals surface area contributed by atoms with E-state index in [-0.39, 0.29) is 6.61 Å². The summed E-state index contributed by atoms with van der Waals surface area (Å²) in [6.45, 7) is 1.25. The maximum atomic E-state index is 11.4. The number of benzene rings is 1. The lowest BCUT2D eigenvalue weighted by Gasteiger charge is -2.16. The van der Waals surface area contributed by atoms with Crippen LogP contribution in [0.15, 0.2) is 24.3 Å². The topological polar surface area (TPSA) is 105 Å². The predicted octanol–water partition coefficient (Wildman–Crippen LogP) is 0.755. The van der Waals surface area contributed by atoms with Gasteiger partial charge in [-0.3, -0.25) is 0 Å². The minimum atomic E-state index is -1.40. The Morgan fingerprint density at radius 1 is 1.30 bits per heavy atom. The average molecular weight is 283 g/mol. The number of aliphatic hydroxyl groups excluding tert-OH is 1. The van der Waals surface area contributed by atoms with E-state index in [0.29, 0.717) is 5.75 Å². The molecular formula is C13H17NO6. The fraction of sp³-hybridized carbons (Fsp3) is 0.385. The van der Waals surface area contributed by atoms with Gasteiger partial charge < -0.3 is 25.0 Å². The molecule has 0 saturated heterocycles. The van der Waals surface area contributed by atoms with Crippen LogP contribution in [0.1, 0.15) is 12.5 Å². The standard InChI is InChI=1S/C13H17NO6/c1-8(15)11(12(16)17)14-13(18)20-7-9-3-5-10(19-2)6-4-9/h3-6,8,11,15H,7H2,1-2H3,(H,14,18)(H,16,17)/t8-,11+/m1/s1. The number of nitrogens with one attached hydrogen (secondary N) is 1. The molecule has 0 aromatic heterocycles. The molecule has 1 aromatic rings. The number of carbonyl (C=O) groups excluding carboxylic acids is 1. The van der Waals surface area contributed by atoms with Gasteiger partial charge in [-0.2, -0.15) is 0 Å². The number of aliphatic carboxylic acids is 1. The Balaban J connectivity index is 2.47. The molecule has 110 valence electrons. The minimum absolute atomic E-state index is 0.0119. The van der Waals surface area contributed by atoms with Gasteiger partial charge in [-0.25, -0.2) is 9.59 Å². The van der Waals surface area contributed by atoms with Gasteiger partial charge in [0.15, 0.2) is 6.04 Å². The van der Waals surface area contributed by atoms with Gasteiger partial charge in [0.25, 0.3) is 0 Å². The molecule has 1 rings (SSSR count). The van der Waals surface area contributed by atoms with E-state index in [0.717, 1.165) is 5.56 Å². The highest BCUT2D eigenvalue weighted by atomic mass is 16.5. The van der Waals surface area contributed by atoms with Gasteiger partial charge in [-0.15, -0.1) is 0 Å². The Hall–Kier alpha value is -2.28. The number of carbonyl (C=O) groups is 2. The third kappa shape index (κ3) is 4.77. The number of alkyl carbamates (subject to hydrolysis) is 1. The van der Waals surface area contributed by atoms with E-state index < -0.39 is 24.2 Å². The van der Waals surface area contributed by atoms with Gasteiger partial charge >= 0.3 is 12.1 Å². The zero-order chi connectivity index (χ0) is 15.1. The Morgan fingerprint density at radius 2 is 1.90 bits per heavy atom. The van der Waals surface area contributed by atoms with Crippen LogP contribution in [-0.2, 0) is 16.1 Å². The summed E-state index contributed by atoms with van der Waals surface area (Å²) in [5.41, 5.74) is 0.727. The molecule has 7 nitrogen and oxygen atoms in total. The second-order valence-corrected chi connectivity index (χ2v) is 4.13. The molecule has 0 aliphatic rings. The van der Waals surface area contributed by atoms with Crippen molar-refractivity contribution in [3.8, 4) is 5.75 Å². The fourth-order valence-electron chi connectivity index (χ4n) is 1.43. The third-order valence-electron chi connectivity index (χ3n) is 2.55. The second-order valence-electron chi connectivity index (χ2n) is 4.13. The summed E-state index contributed by atoms with van der Waals surface area (Å²) in [4.78, 5) is 22.2. The van der Waals surface area contributed by atoms with Gasteiger partial charge in [0.2, 0.25) is 0 Å². The van der Waals surface area contributed by atoms with E-state index in [2.05, 4.69) is 5.32 Å². The summed E-state index contributed by atoms with van der Waals surface area (Å²) in [5, 5.41) is 20.1. The van der Waals surface area contributed by atoms with Crippen molar-refractivity contribution in [2.24, 2.45) is 0 Å². The van der Waals surface area contributed by atoms with Crippen LogP contribution in [0.3, 0.4) is 0 Å². The van der Waals surface area contributed by atoms with Gasteiger partial charge in [0, 0.05) is 0 Å². The fourth-order valence-corrected chi connectivity index (χ4v) is 1.43. The second kappa shape index (κ2) is 7.34. The lowest BCUT2D eigenvalue weighted by molar-refractivity contribution is -0.142. The van der Waals surface area contributed by atoms with Crippen LogP contribution < -0.4 is 10.1 Å². The zero-order valence-electron chi connectivity index (χ0n) is 11.2. The summed E-state index contributed by atoms with van der Waals surface area (Å²) >= 11 is 0. The van der Waals surface area contributed by atoms with E-state index in [4.69, 9.17) is 14.6 Å². The lowest BCUT2D eigenvalue weighted by atomic mass is 10.2. The highest BCUT2D eigenvalue weighted by Gasteiger charge is 2.25. The van der Waals surface area contributed by atoms with Crippen molar-refractivity contribution in [1.29, 1.82) is 0 Å². The van der Waals surface area contributed by atoms with Gasteiger partial charge in [0.1, 0.15) is 12.4 Å². The molecule has 0 radical (unpaired) electrons. The first-order chi connectivity index (χ1) is 9.43. The van der Waals surface area contributed by atoms with Crippen molar-refractivity contribution < 1.29 is 29.3 Å². The summed E-state index contributed by atoms with van der Waals surface area (Å²) in [5.74, 6) is -0.653. The highest BCUT2D eigenvalue weighted by Crippen LogP contribution is 2.11. The highest BCUT2D eigenvalue weighted by molar-refractivity contribution is 5.80. The molecular weight excluding hydrogens is 266 g/mol. The molecule has 1 aromatic carbocycles. The molecule has 0 spiro atoms. The number of carboxylic acids is 1. The predicted molar refractivity (Wildman–Crippen MR) is 69.4 cm³/mol. The van der Waals surface area contributed by atoms with Crippen molar-refractivity contribution in [1.82, 2.24) is 5.32 Å². The van der Waals surface area contributed by atoms with Crippen molar-refractivity contribution in [3.63, 3.8) is 0 Å². The number of rotatable bonds is 6. The SMILES string of the molecule is COc1ccc(COC(=O)N[C@H](C(=O)O)[C@@H](C)O)cc1. The van der Waals surface area contributed by atoms with E-state index in [9.17, 15) is 14.7 Å². The molecule has 2 atom stereocenters. The largest absolute Gasteiger partial charge is 0.497 e. The van der Waals surface area contributed by atoms with Crippen molar-refractivity contribution in [2.75, 3.05) is 7.11 Å². The Labute approximate surface area is 116 Å². The van der Waals surface area contributed by atoms with Crippen LogP contribution >= 0.6 is 0 Å². The number of ether oxygens (including phenoxy) is 2. The number of amides is 1. The molecule has 7 heteroatoms. The van der Waals surface area contributed by atoms with Crippen LogP contribution in [0.4, 0.5) is 4.79 Å². The quantitative estimate of drug-likeness (QED) is 0.711. The van der Waals surface area contributed by atoms with E-state index in [1.165, 1.54) is 6.92 Å². The summed E-state index contributed by atoms with van der Waals surface area (Å²) in [6, 6.07) is 5.46. The molecule has 3 N–H and O–H groups in total. The molecule has 0 saturated carbocycles. The van der Waals surface area contributed by atoms with Crippen LogP contribution in [0.25, 0.3) is 0 Å². The molecule has 0 bridgehead atoms. The normalized spacial score (nSPS) is 13.2. The van der Waals surface area contributed by atoms with Gasteiger partial charge in [0.05, 0.1) is 13.2 Å². The molecule has 20 heavy (non-hydrogen) atoms. The van der Waals surface area contributed by atoms with Crippen LogP contribution in [-0.4, -0.2) is 41.5 Å². The van der Waals surface area contributed by atoms with Gasteiger partial charge in [-0.1, -0.05) is 12.1 Å². The van der Waals surface area contributed by atoms with Crippen molar-refractivity contribution >= 4 is 12.1 Å². The number of aliphatic hydroxyl groups is 1. The molecule has 0 aliphatic carbocycles. The molecule has 1 amide bonds. The monoisotopic (exact) mass is 283 g/mol. The smallest absolute Gasteiger partial charge is 0.408 e. The Kier molecular flexibility index (Phi) is 5.79. The van der Waals surface area contributed by atoms with Gasteiger partial charge in [-0.05, 0) is 24.6 Å². The molecule has 0 unspecified atom stereocenters. The van der Waals surface area contributed by atoms with Crippen molar-refractivity contribution in [2.45, 2.75) is 25.7 Å². The molecule has 0 heterocycles. The van der Waals surface area contributed by atoms with E-state index in [1.54, 1.807) is 31.4 Å². The zero-order valence-corrected chi connectivity index (χ0v) is 11.2. The summed E-state index contributed by atoms with van der Waals surface area (Å²) < 4.78 is 9.85. The van der Waals surface area contributed by atoms with Crippen LogP contribution in [0.5, 0.6) is 5.75 Å².